The summed E-state index contributed by atoms with van der Waals surface area (Å²) in [7, 11) is 0. The van der Waals surface area contributed by atoms with Crippen molar-refractivity contribution >= 4 is 17.4 Å². The van der Waals surface area contributed by atoms with Gasteiger partial charge in [0.05, 0.1) is 11.3 Å². The van der Waals surface area contributed by atoms with Crippen LogP contribution in [0.15, 0.2) is 42.5 Å². The average Bonchev–Trinajstić information content (AvgIpc) is 2.61. The number of hydrogen-bond acceptors (Lipinski definition) is 4. The highest BCUT2D eigenvalue weighted by Gasteiger charge is 2.24. The first kappa shape index (κ1) is 16.2. The number of ketones is 1. The molecule has 1 saturated heterocycles. The van der Waals surface area contributed by atoms with Crippen molar-refractivity contribution in [2.45, 2.75) is 6.92 Å². The largest absolute Gasteiger partial charge is 0.368 e. The van der Waals surface area contributed by atoms with E-state index in [4.69, 9.17) is 5.73 Å². The Balaban J connectivity index is 2.13. The molecule has 1 aliphatic rings. The second-order valence-electron chi connectivity index (χ2n) is 5.95. The van der Waals surface area contributed by atoms with Crippen molar-refractivity contribution in [3.63, 3.8) is 0 Å². The number of nitrogens with one attached hydrogen (secondary N) is 1. The zero-order valence-electron chi connectivity index (χ0n) is 13.7. The summed E-state index contributed by atoms with van der Waals surface area (Å²) in [5.74, 6) is -0.590. The molecule has 124 valence electrons. The van der Waals surface area contributed by atoms with Gasteiger partial charge < -0.3 is 16.0 Å². The molecule has 0 saturated carbocycles. The molecule has 0 atom stereocenters. The highest BCUT2D eigenvalue weighted by atomic mass is 16.1. The maximum absolute atomic E-state index is 13.1. The highest BCUT2D eigenvalue weighted by Crippen LogP contribution is 2.29. The maximum Gasteiger partial charge on any atom is 0.250 e. The van der Waals surface area contributed by atoms with Gasteiger partial charge in [0.2, 0.25) is 0 Å². The van der Waals surface area contributed by atoms with Crippen LogP contribution in [0.4, 0.5) is 5.69 Å². The van der Waals surface area contributed by atoms with E-state index in [0.717, 1.165) is 31.7 Å². The van der Waals surface area contributed by atoms with Gasteiger partial charge in [0, 0.05) is 37.3 Å². The van der Waals surface area contributed by atoms with Crippen LogP contribution in [-0.2, 0) is 0 Å². The van der Waals surface area contributed by atoms with Gasteiger partial charge in [-0.3, -0.25) is 9.59 Å². The lowest BCUT2D eigenvalue weighted by Gasteiger charge is -2.32. The van der Waals surface area contributed by atoms with E-state index < -0.39 is 5.91 Å². The molecule has 3 N–H and O–H groups in total. The number of nitrogens with two attached hydrogens (primary N) is 1. The number of para-hydroxylation sites is 1. The van der Waals surface area contributed by atoms with Crippen LogP contribution in [0.1, 0.15) is 31.8 Å². The maximum atomic E-state index is 13.1. The van der Waals surface area contributed by atoms with E-state index in [1.807, 2.05) is 31.2 Å². The molecule has 0 spiro atoms. The van der Waals surface area contributed by atoms with Crippen LogP contribution in [-0.4, -0.2) is 37.9 Å². The van der Waals surface area contributed by atoms with Crippen LogP contribution in [0, 0.1) is 6.92 Å². The van der Waals surface area contributed by atoms with Gasteiger partial charge in [-0.15, -0.1) is 0 Å². The Labute approximate surface area is 141 Å². The number of amides is 1. The van der Waals surface area contributed by atoms with Gasteiger partial charge in [-0.05, 0) is 24.6 Å². The summed E-state index contributed by atoms with van der Waals surface area (Å²) in [5.41, 5.74) is 8.71. The summed E-state index contributed by atoms with van der Waals surface area (Å²) in [6, 6.07) is 12.7. The van der Waals surface area contributed by atoms with Gasteiger partial charge in [-0.1, -0.05) is 30.3 Å². The molecule has 1 fully saturated rings. The first-order valence-electron chi connectivity index (χ1n) is 8.08. The first-order chi connectivity index (χ1) is 11.6. The summed E-state index contributed by atoms with van der Waals surface area (Å²) >= 11 is 0. The Morgan fingerprint density at radius 2 is 1.58 bits per heavy atom. The number of primary amides is 1. The smallest absolute Gasteiger partial charge is 0.250 e. The van der Waals surface area contributed by atoms with Crippen molar-refractivity contribution in [3.8, 4) is 0 Å². The molecular formula is C19H21N3O2. The molecule has 5 nitrogen and oxygen atoms in total. The average molecular weight is 323 g/mol. The summed E-state index contributed by atoms with van der Waals surface area (Å²) in [6.07, 6.45) is 0. The number of nitrogens with zero attached hydrogens (tertiary/aromatic N) is 1. The fraction of sp³-hybridized carbons (Fsp3) is 0.263. The fourth-order valence-corrected chi connectivity index (χ4v) is 3.13. The predicted octanol–water partition coefficient (Wildman–Crippen LogP) is 1.73. The summed E-state index contributed by atoms with van der Waals surface area (Å²) in [4.78, 5) is 27.1. The molecule has 3 rings (SSSR count). The van der Waals surface area contributed by atoms with Crippen LogP contribution in [0.2, 0.25) is 0 Å². The molecule has 0 bridgehead atoms. The van der Waals surface area contributed by atoms with E-state index in [1.54, 1.807) is 18.2 Å². The minimum atomic E-state index is -0.511. The molecule has 0 radical (unpaired) electrons. The molecule has 1 amide bonds. The normalized spacial score (nSPS) is 14.5. The standard InChI is InChI=1S/C19H21N3O2/c1-13-5-2-3-6-14(13)18(23)15-7-4-8-16(19(20)24)17(15)22-11-9-21-10-12-22/h2-8,21H,9-12H2,1H3,(H2,20,24). The number of carbonyl (C=O) groups is 2. The van der Waals surface area contributed by atoms with E-state index in [0.29, 0.717) is 22.4 Å². The monoisotopic (exact) mass is 323 g/mol. The number of anilines is 1. The van der Waals surface area contributed by atoms with Crippen molar-refractivity contribution in [1.29, 1.82) is 0 Å². The van der Waals surface area contributed by atoms with Gasteiger partial charge in [-0.2, -0.15) is 0 Å². The molecule has 2 aromatic carbocycles. The van der Waals surface area contributed by atoms with Gasteiger partial charge >= 0.3 is 0 Å². The second kappa shape index (κ2) is 6.84. The number of benzene rings is 2. The molecule has 1 heterocycles. The molecule has 5 heteroatoms. The Hall–Kier alpha value is -2.66. The Bertz CT molecular complexity index is 780. The zero-order valence-corrected chi connectivity index (χ0v) is 13.7. The fourth-order valence-electron chi connectivity index (χ4n) is 3.13. The van der Waals surface area contributed by atoms with Crippen molar-refractivity contribution in [2.24, 2.45) is 5.73 Å². The van der Waals surface area contributed by atoms with E-state index in [9.17, 15) is 9.59 Å². The quantitative estimate of drug-likeness (QED) is 0.840. The summed E-state index contributed by atoms with van der Waals surface area (Å²) in [5, 5.41) is 3.28. The third-order valence-corrected chi connectivity index (χ3v) is 4.37. The van der Waals surface area contributed by atoms with Gasteiger partial charge in [-0.25, -0.2) is 0 Å². The number of hydrogen-bond donors (Lipinski definition) is 2. The van der Waals surface area contributed by atoms with Crippen LogP contribution >= 0.6 is 0 Å². The van der Waals surface area contributed by atoms with Crippen molar-refractivity contribution < 1.29 is 9.59 Å². The number of aryl methyl sites for hydroxylation is 1. The van der Waals surface area contributed by atoms with Gasteiger partial charge in [0.15, 0.2) is 5.78 Å². The molecule has 0 aromatic heterocycles. The number of carbonyl (C=O) groups excluding carboxylic acids is 2. The third-order valence-electron chi connectivity index (χ3n) is 4.37. The second-order valence-corrected chi connectivity index (χ2v) is 5.95. The lowest BCUT2D eigenvalue weighted by molar-refractivity contribution is 0.100. The topological polar surface area (TPSA) is 75.4 Å². The molecule has 2 aromatic rings. The van der Waals surface area contributed by atoms with Crippen molar-refractivity contribution in [2.75, 3.05) is 31.1 Å². The molecule has 1 aliphatic heterocycles. The summed E-state index contributed by atoms with van der Waals surface area (Å²) in [6.45, 7) is 5.00. The third kappa shape index (κ3) is 3.03. The van der Waals surface area contributed by atoms with E-state index >= 15 is 0 Å². The van der Waals surface area contributed by atoms with Gasteiger partial charge in [0.1, 0.15) is 0 Å². The first-order valence-corrected chi connectivity index (χ1v) is 8.08. The summed E-state index contributed by atoms with van der Waals surface area (Å²) < 4.78 is 0. The molecule has 24 heavy (non-hydrogen) atoms. The number of rotatable bonds is 4. The minimum Gasteiger partial charge on any atom is -0.368 e. The van der Waals surface area contributed by atoms with E-state index in [-0.39, 0.29) is 5.78 Å². The van der Waals surface area contributed by atoms with Gasteiger partial charge in [0.25, 0.3) is 5.91 Å². The Morgan fingerprint density at radius 1 is 0.958 bits per heavy atom. The SMILES string of the molecule is Cc1ccccc1C(=O)c1cccc(C(N)=O)c1N1CCNCC1. The van der Waals surface area contributed by atoms with Crippen LogP contribution in [0.3, 0.4) is 0 Å². The highest BCUT2D eigenvalue weighted by molar-refractivity contribution is 6.16. The zero-order chi connectivity index (χ0) is 17.1. The van der Waals surface area contributed by atoms with Crippen LogP contribution in [0.25, 0.3) is 0 Å². The Morgan fingerprint density at radius 3 is 2.25 bits per heavy atom. The van der Waals surface area contributed by atoms with Crippen LogP contribution in [0.5, 0.6) is 0 Å². The minimum absolute atomic E-state index is 0.0790. The van der Waals surface area contributed by atoms with E-state index in [2.05, 4.69) is 10.2 Å². The predicted molar refractivity (Wildman–Crippen MR) is 94.7 cm³/mol. The van der Waals surface area contributed by atoms with E-state index in [1.165, 1.54) is 0 Å². The molecule has 0 aliphatic carbocycles. The lowest BCUT2D eigenvalue weighted by Crippen LogP contribution is -2.44. The van der Waals surface area contributed by atoms with Crippen molar-refractivity contribution in [1.82, 2.24) is 5.32 Å². The lowest BCUT2D eigenvalue weighted by atomic mass is 9.95. The van der Waals surface area contributed by atoms with Crippen LogP contribution < -0.4 is 16.0 Å². The van der Waals surface area contributed by atoms with Crippen molar-refractivity contribution in [3.05, 3.63) is 64.7 Å². The molecular weight excluding hydrogens is 302 g/mol. The number of piperazine rings is 1. The Kier molecular flexibility index (Phi) is 4.62. The molecule has 0 unspecified atom stereocenters.